The van der Waals surface area contributed by atoms with Crippen molar-refractivity contribution in [2.45, 2.75) is 25.8 Å². The number of aromatic nitrogens is 1. The molecule has 2 aliphatic heterocycles. The molecule has 1 unspecified atom stereocenters. The van der Waals surface area contributed by atoms with Crippen LogP contribution in [-0.2, 0) is 22.4 Å². The molecular weight excluding hydrogens is 404 g/mol. The van der Waals surface area contributed by atoms with Gasteiger partial charge in [0.2, 0.25) is 0 Å². The molecule has 2 aromatic carbocycles. The topological polar surface area (TPSA) is 79.7 Å². The van der Waals surface area contributed by atoms with Gasteiger partial charge in [0.15, 0.2) is 0 Å². The van der Waals surface area contributed by atoms with Crippen LogP contribution in [-0.4, -0.2) is 28.4 Å². The first kappa shape index (κ1) is 20.0. The lowest BCUT2D eigenvalue weighted by atomic mass is 9.95. The summed E-state index contributed by atoms with van der Waals surface area (Å²) in [6.07, 6.45) is 4.85. The first-order valence-electron chi connectivity index (χ1n) is 10.6. The quantitative estimate of drug-likeness (QED) is 0.384. The van der Waals surface area contributed by atoms with Gasteiger partial charge in [-0.1, -0.05) is 25.1 Å². The minimum Gasteiger partial charge on any atom is -0.507 e. The Bertz CT molecular complexity index is 1230. The van der Waals surface area contributed by atoms with Gasteiger partial charge in [-0.15, -0.1) is 0 Å². The fourth-order valence-corrected chi connectivity index (χ4v) is 4.33. The van der Waals surface area contributed by atoms with Crippen molar-refractivity contribution in [3.05, 3.63) is 94.8 Å². The highest BCUT2D eigenvalue weighted by Crippen LogP contribution is 2.42. The van der Waals surface area contributed by atoms with E-state index in [9.17, 15) is 14.7 Å². The Kier molecular flexibility index (Phi) is 4.98. The van der Waals surface area contributed by atoms with Crippen LogP contribution in [0.2, 0.25) is 0 Å². The van der Waals surface area contributed by atoms with Crippen LogP contribution >= 0.6 is 0 Å². The zero-order valence-corrected chi connectivity index (χ0v) is 17.6. The number of Topliss-reactive ketones (excluding diaryl/α,β-unsaturated/α-hetero) is 1. The Balaban J connectivity index is 1.67. The van der Waals surface area contributed by atoms with Crippen molar-refractivity contribution in [3.63, 3.8) is 0 Å². The van der Waals surface area contributed by atoms with E-state index in [2.05, 4.69) is 11.9 Å². The Morgan fingerprint density at radius 2 is 1.97 bits per heavy atom. The Labute approximate surface area is 185 Å². The number of hydrogen-bond donors (Lipinski definition) is 1. The number of pyridine rings is 1. The molecular formula is C26H22N2O4. The van der Waals surface area contributed by atoms with Crippen molar-refractivity contribution >= 4 is 23.1 Å². The van der Waals surface area contributed by atoms with E-state index in [0.717, 1.165) is 29.7 Å². The molecule has 1 saturated heterocycles. The molecule has 0 saturated carbocycles. The van der Waals surface area contributed by atoms with Gasteiger partial charge in [0.25, 0.3) is 11.7 Å². The average Bonchev–Trinajstić information content (AvgIpc) is 3.41. The second-order valence-electron chi connectivity index (χ2n) is 7.90. The van der Waals surface area contributed by atoms with Crippen LogP contribution in [0.4, 0.5) is 5.69 Å². The summed E-state index contributed by atoms with van der Waals surface area (Å²) in [4.78, 5) is 32.0. The van der Waals surface area contributed by atoms with Crippen LogP contribution < -0.4 is 9.64 Å². The lowest BCUT2D eigenvalue weighted by Gasteiger charge is -2.25. The predicted molar refractivity (Wildman–Crippen MR) is 120 cm³/mol. The molecule has 0 spiro atoms. The van der Waals surface area contributed by atoms with Crippen molar-refractivity contribution in [1.29, 1.82) is 0 Å². The maximum absolute atomic E-state index is 13.2. The minimum atomic E-state index is -0.777. The number of carbonyl (C=O) groups excluding carboxylic acids is 2. The number of nitrogens with zero attached hydrogens (tertiary/aromatic N) is 2. The summed E-state index contributed by atoms with van der Waals surface area (Å²) in [7, 11) is 0. The van der Waals surface area contributed by atoms with Crippen LogP contribution in [0, 0.1) is 0 Å². The second kappa shape index (κ2) is 7.96. The first-order valence-corrected chi connectivity index (χ1v) is 10.6. The molecule has 6 nitrogen and oxygen atoms in total. The highest BCUT2D eigenvalue weighted by atomic mass is 16.5. The number of ketones is 1. The van der Waals surface area contributed by atoms with Gasteiger partial charge < -0.3 is 9.84 Å². The number of ether oxygens (including phenoxy) is 1. The predicted octanol–water partition coefficient (Wildman–Crippen LogP) is 4.21. The summed E-state index contributed by atoms with van der Waals surface area (Å²) >= 11 is 0. The number of fused-ring (bicyclic) bond motifs is 1. The number of hydrogen-bond acceptors (Lipinski definition) is 5. The second-order valence-corrected chi connectivity index (χ2v) is 7.90. The molecule has 3 heterocycles. The minimum absolute atomic E-state index is 0.0569. The van der Waals surface area contributed by atoms with Crippen molar-refractivity contribution in [1.82, 2.24) is 4.98 Å². The van der Waals surface area contributed by atoms with Gasteiger partial charge in [-0.25, -0.2) is 0 Å². The molecule has 3 aromatic rings. The Morgan fingerprint density at radius 1 is 1.16 bits per heavy atom. The maximum Gasteiger partial charge on any atom is 0.300 e. The van der Waals surface area contributed by atoms with E-state index >= 15 is 0 Å². The third-order valence-corrected chi connectivity index (χ3v) is 6.03. The zero-order valence-electron chi connectivity index (χ0n) is 17.6. The Morgan fingerprint density at radius 3 is 2.69 bits per heavy atom. The molecule has 32 heavy (non-hydrogen) atoms. The third kappa shape index (κ3) is 3.24. The van der Waals surface area contributed by atoms with Gasteiger partial charge in [0, 0.05) is 30.1 Å². The standard InChI is InChI=1S/C26H22N2O4/c1-2-16-5-8-20(9-6-16)28-23(19-4-3-12-27-15-19)22(25(30)26(28)31)24(29)18-7-10-21-17(14-18)11-13-32-21/h3-10,12,14-15,23,29H,2,11,13H2,1H3/b24-22-. The monoisotopic (exact) mass is 426 g/mol. The molecule has 6 heteroatoms. The largest absolute Gasteiger partial charge is 0.507 e. The number of rotatable bonds is 4. The molecule has 1 atom stereocenters. The van der Waals surface area contributed by atoms with Crippen molar-refractivity contribution in [2.75, 3.05) is 11.5 Å². The van der Waals surface area contributed by atoms with Gasteiger partial charge in [0.1, 0.15) is 11.5 Å². The summed E-state index contributed by atoms with van der Waals surface area (Å²) in [5.74, 6) is -0.803. The highest BCUT2D eigenvalue weighted by molar-refractivity contribution is 6.51. The van der Waals surface area contributed by atoms with E-state index in [1.165, 1.54) is 4.90 Å². The maximum atomic E-state index is 13.2. The van der Waals surface area contributed by atoms with Crippen LogP contribution in [0.3, 0.4) is 0 Å². The van der Waals surface area contributed by atoms with Gasteiger partial charge in [0.05, 0.1) is 18.2 Å². The van der Waals surface area contributed by atoms with E-state index in [4.69, 9.17) is 4.74 Å². The van der Waals surface area contributed by atoms with Gasteiger partial charge in [-0.2, -0.15) is 0 Å². The van der Waals surface area contributed by atoms with E-state index < -0.39 is 17.7 Å². The van der Waals surface area contributed by atoms with Gasteiger partial charge >= 0.3 is 0 Å². The van der Waals surface area contributed by atoms with E-state index in [-0.39, 0.29) is 11.3 Å². The van der Waals surface area contributed by atoms with Crippen LogP contribution in [0.25, 0.3) is 5.76 Å². The van der Waals surface area contributed by atoms with Crippen LogP contribution in [0.15, 0.2) is 72.6 Å². The smallest absolute Gasteiger partial charge is 0.300 e. The number of aliphatic hydroxyl groups excluding tert-OH is 1. The summed E-state index contributed by atoms with van der Waals surface area (Å²) in [5.41, 5.74) is 3.89. The van der Waals surface area contributed by atoms with E-state index in [1.54, 1.807) is 36.7 Å². The molecule has 160 valence electrons. The van der Waals surface area contributed by atoms with Crippen molar-refractivity contribution < 1.29 is 19.4 Å². The number of aliphatic hydroxyl groups is 1. The normalized spacial score (nSPS) is 19.2. The van der Waals surface area contributed by atoms with Crippen molar-refractivity contribution in [2.24, 2.45) is 0 Å². The molecule has 1 fully saturated rings. The summed E-state index contributed by atoms with van der Waals surface area (Å²) < 4.78 is 5.55. The van der Waals surface area contributed by atoms with Crippen LogP contribution in [0.1, 0.15) is 35.2 Å². The zero-order chi connectivity index (χ0) is 22.2. The molecule has 1 N–H and O–H groups in total. The van der Waals surface area contributed by atoms with E-state index in [1.807, 2.05) is 30.3 Å². The lowest BCUT2D eigenvalue weighted by molar-refractivity contribution is -0.132. The molecule has 0 bridgehead atoms. The van der Waals surface area contributed by atoms with E-state index in [0.29, 0.717) is 23.4 Å². The number of amides is 1. The SMILES string of the molecule is CCc1ccc(N2C(=O)C(=O)/C(=C(\O)c3ccc4c(c3)CCO4)C2c2cccnc2)cc1. The molecule has 5 rings (SSSR count). The molecule has 0 aliphatic carbocycles. The average molecular weight is 426 g/mol. The van der Waals surface area contributed by atoms with Crippen LogP contribution in [0.5, 0.6) is 5.75 Å². The van der Waals surface area contributed by atoms with Crippen molar-refractivity contribution in [3.8, 4) is 5.75 Å². The fraction of sp³-hybridized carbons (Fsp3) is 0.192. The summed E-state index contributed by atoms with van der Waals surface area (Å²) in [6.45, 7) is 2.64. The number of aryl methyl sites for hydroxylation is 1. The molecule has 1 amide bonds. The first-order chi connectivity index (χ1) is 15.6. The van der Waals surface area contributed by atoms with Gasteiger partial charge in [-0.05, 0) is 59.5 Å². The Hall–Kier alpha value is -3.93. The number of anilines is 1. The summed E-state index contributed by atoms with van der Waals surface area (Å²) in [5, 5.41) is 11.2. The number of benzene rings is 2. The molecule has 2 aliphatic rings. The molecule has 1 aromatic heterocycles. The third-order valence-electron chi connectivity index (χ3n) is 6.03. The summed E-state index contributed by atoms with van der Waals surface area (Å²) in [6, 6.07) is 15.6. The highest BCUT2D eigenvalue weighted by Gasteiger charge is 2.47. The molecule has 0 radical (unpaired) electrons. The number of carbonyl (C=O) groups is 2. The fourth-order valence-electron chi connectivity index (χ4n) is 4.33. The van der Waals surface area contributed by atoms with Gasteiger partial charge in [-0.3, -0.25) is 19.5 Å². The lowest BCUT2D eigenvalue weighted by Crippen LogP contribution is -2.29.